The highest BCUT2D eigenvalue weighted by Crippen LogP contribution is 2.29. The number of hydrogen-bond acceptors (Lipinski definition) is 7. The highest BCUT2D eigenvalue weighted by molar-refractivity contribution is 7.99. The lowest BCUT2D eigenvalue weighted by Gasteiger charge is -2.34. The van der Waals surface area contributed by atoms with E-state index in [4.69, 9.17) is 9.26 Å². The van der Waals surface area contributed by atoms with Crippen LogP contribution in [-0.4, -0.2) is 73.3 Å². The minimum atomic E-state index is -3.70. The molecule has 0 unspecified atom stereocenters. The van der Waals surface area contributed by atoms with Crippen LogP contribution in [0.1, 0.15) is 34.7 Å². The predicted octanol–water partition coefficient (Wildman–Crippen LogP) is 2.71. The number of aromatic nitrogens is 1. The molecule has 4 rings (SSSR count). The van der Waals surface area contributed by atoms with E-state index in [2.05, 4.69) is 5.16 Å². The van der Waals surface area contributed by atoms with Crippen LogP contribution in [-0.2, 0) is 14.8 Å². The molecule has 0 aliphatic carbocycles. The number of hydrogen-bond donors (Lipinski definition) is 0. The molecule has 0 spiro atoms. The number of benzene rings is 1. The molecule has 2 aliphatic rings. The van der Waals surface area contributed by atoms with Gasteiger partial charge in [0.15, 0.2) is 5.76 Å². The zero-order valence-electron chi connectivity index (χ0n) is 17.7. The quantitative estimate of drug-likeness (QED) is 0.606. The van der Waals surface area contributed by atoms with Crippen LogP contribution in [0.25, 0.3) is 0 Å². The molecule has 2 saturated heterocycles. The van der Waals surface area contributed by atoms with Crippen molar-refractivity contribution in [3.05, 3.63) is 41.3 Å². The fraction of sp³-hybridized carbons (Fsp3) is 0.524. The number of amides is 1. The van der Waals surface area contributed by atoms with Crippen molar-refractivity contribution in [1.82, 2.24) is 14.4 Å². The van der Waals surface area contributed by atoms with Crippen molar-refractivity contribution in [2.24, 2.45) is 0 Å². The van der Waals surface area contributed by atoms with Crippen molar-refractivity contribution in [3.63, 3.8) is 0 Å². The number of sulfonamides is 1. The molecule has 2 fully saturated rings. The molecule has 31 heavy (non-hydrogen) atoms. The predicted molar refractivity (Wildman–Crippen MR) is 117 cm³/mol. The van der Waals surface area contributed by atoms with E-state index in [9.17, 15) is 13.2 Å². The summed E-state index contributed by atoms with van der Waals surface area (Å²) in [4.78, 5) is 16.0. The second-order valence-corrected chi connectivity index (χ2v) is 10.7. The Bertz CT molecular complexity index is 1020. The number of thioether (sulfide) groups is 1. The van der Waals surface area contributed by atoms with Gasteiger partial charge in [-0.3, -0.25) is 4.79 Å². The number of piperazine rings is 1. The molecular weight excluding hydrogens is 438 g/mol. The highest BCUT2D eigenvalue weighted by Gasteiger charge is 2.34. The fourth-order valence-corrected chi connectivity index (χ4v) is 6.83. The maximum absolute atomic E-state index is 13.2. The van der Waals surface area contributed by atoms with E-state index in [-0.39, 0.29) is 35.8 Å². The van der Waals surface area contributed by atoms with Gasteiger partial charge in [0, 0.05) is 43.4 Å². The van der Waals surface area contributed by atoms with Crippen molar-refractivity contribution in [2.75, 3.05) is 38.5 Å². The van der Waals surface area contributed by atoms with Gasteiger partial charge in [0.2, 0.25) is 10.0 Å². The smallest absolute Gasteiger partial charge is 0.255 e. The Morgan fingerprint density at radius 2 is 1.94 bits per heavy atom. The van der Waals surface area contributed by atoms with Crippen LogP contribution in [0.2, 0.25) is 0 Å². The summed E-state index contributed by atoms with van der Waals surface area (Å²) in [6.45, 7) is 5.18. The molecule has 1 aromatic heterocycles. The van der Waals surface area contributed by atoms with Gasteiger partial charge in [0.1, 0.15) is 10.6 Å². The van der Waals surface area contributed by atoms with E-state index in [1.165, 1.54) is 4.31 Å². The first kappa shape index (κ1) is 22.3. The fourth-order valence-electron chi connectivity index (χ4n) is 4.00. The molecule has 2 aromatic rings. The summed E-state index contributed by atoms with van der Waals surface area (Å²) in [7, 11) is -3.70. The minimum absolute atomic E-state index is 0.0650. The van der Waals surface area contributed by atoms with Gasteiger partial charge in [-0.15, -0.1) is 11.8 Å². The summed E-state index contributed by atoms with van der Waals surface area (Å²) >= 11 is 1.65. The summed E-state index contributed by atoms with van der Waals surface area (Å²) in [5.41, 5.74) is 1.01. The lowest BCUT2D eigenvalue weighted by Crippen LogP contribution is -2.50. The molecule has 2 aliphatic heterocycles. The lowest BCUT2D eigenvalue weighted by atomic mass is 10.2. The molecule has 1 atom stereocenters. The Labute approximate surface area is 187 Å². The maximum Gasteiger partial charge on any atom is 0.255 e. The highest BCUT2D eigenvalue weighted by atomic mass is 32.2. The normalized spacial score (nSPS) is 20.3. The number of carbonyl (C=O) groups is 1. The molecule has 0 bridgehead atoms. The van der Waals surface area contributed by atoms with Gasteiger partial charge in [-0.25, -0.2) is 8.42 Å². The summed E-state index contributed by atoms with van der Waals surface area (Å²) in [6.07, 6.45) is 2.39. The molecular formula is C21H27N3O5S2. The lowest BCUT2D eigenvalue weighted by molar-refractivity contribution is 0.0694. The van der Waals surface area contributed by atoms with E-state index < -0.39 is 10.0 Å². The summed E-state index contributed by atoms with van der Waals surface area (Å²) in [6, 6.07) is 7.60. The summed E-state index contributed by atoms with van der Waals surface area (Å²) < 4.78 is 38.1. The first-order valence-corrected chi connectivity index (χ1v) is 12.9. The largest absolute Gasteiger partial charge is 0.377 e. The molecule has 1 aromatic carbocycles. The Morgan fingerprint density at radius 3 is 2.58 bits per heavy atom. The molecule has 8 nitrogen and oxygen atoms in total. The molecule has 168 valence electrons. The van der Waals surface area contributed by atoms with Gasteiger partial charge in [0.25, 0.3) is 5.91 Å². The van der Waals surface area contributed by atoms with Crippen LogP contribution in [0.4, 0.5) is 0 Å². The van der Waals surface area contributed by atoms with E-state index >= 15 is 0 Å². The third-order valence-corrected chi connectivity index (χ3v) is 9.01. The van der Waals surface area contributed by atoms with Crippen molar-refractivity contribution >= 4 is 27.7 Å². The number of aryl methyl sites for hydroxylation is 2. The van der Waals surface area contributed by atoms with Crippen LogP contribution < -0.4 is 0 Å². The van der Waals surface area contributed by atoms with Crippen LogP contribution in [0.15, 0.2) is 38.6 Å². The van der Waals surface area contributed by atoms with Gasteiger partial charge in [0.05, 0.1) is 11.7 Å². The van der Waals surface area contributed by atoms with Gasteiger partial charge in [-0.05, 0) is 38.8 Å². The zero-order chi connectivity index (χ0) is 22.0. The van der Waals surface area contributed by atoms with Gasteiger partial charge >= 0.3 is 0 Å². The van der Waals surface area contributed by atoms with Gasteiger partial charge in [-0.2, -0.15) is 4.31 Å². The Kier molecular flexibility index (Phi) is 6.71. The van der Waals surface area contributed by atoms with E-state index in [1.54, 1.807) is 30.5 Å². The second kappa shape index (κ2) is 9.32. The Hall–Kier alpha value is -1.88. The summed E-state index contributed by atoms with van der Waals surface area (Å²) in [5.74, 6) is 1.05. The van der Waals surface area contributed by atoms with Crippen LogP contribution in [0, 0.1) is 13.8 Å². The number of rotatable bonds is 6. The molecule has 0 radical (unpaired) electrons. The zero-order valence-corrected chi connectivity index (χ0v) is 19.4. The van der Waals surface area contributed by atoms with Crippen LogP contribution >= 0.6 is 11.8 Å². The first-order valence-electron chi connectivity index (χ1n) is 10.4. The van der Waals surface area contributed by atoms with Gasteiger partial charge in [-0.1, -0.05) is 17.3 Å². The monoisotopic (exact) mass is 465 g/mol. The third kappa shape index (κ3) is 4.67. The van der Waals surface area contributed by atoms with E-state index in [1.807, 2.05) is 24.3 Å². The minimum Gasteiger partial charge on any atom is -0.377 e. The van der Waals surface area contributed by atoms with Gasteiger partial charge < -0.3 is 14.2 Å². The SMILES string of the molecule is Cc1noc(C)c1S(=O)(=O)N1CCN(C(=O)c2ccccc2SC[C@H]2CCCO2)CC1. The Morgan fingerprint density at radius 1 is 1.19 bits per heavy atom. The van der Waals surface area contributed by atoms with E-state index in [0.29, 0.717) is 24.3 Å². The third-order valence-electron chi connectivity index (χ3n) is 5.66. The standard InChI is InChI=1S/C21H27N3O5S2/c1-15-20(16(2)29-22-15)31(26,27)24-11-9-23(10-12-24)21(25)18-7-3-4-8-19(18)30-14-17-6-5-13-28-17/h3-4,7-8,17H,5-6,9-14H2,1-2H3/t17-/m1/s1. The van der Waals surface area contributed by atoms with Crippen molar-refractivity contribution in [2.45, 2.75) is 42.6 Å². The molecule has 10 heteroatoms. The molecule has 0 saturated carbocycles. The number of carbonyl (C=O) groups excluding carboxylic acids is 1. The average molecular weight is 466 g/mol. The average Bonchev–Trinajstić information content (AvgIpc) is 3.41. The topological polar surface area (TPSA) is 93.0 Å². The second-order valence-electron chi connectivity index (χ2n) is 7.79. The summed E-state index contributed by atoms with van der Waals surface area (Å²) in [5, 5.41) is 3.76. The molecule has 1 amide bonds. The first-order chi connectivity index (χ1) is 14.9. The molecule has 3 heterocycles. The van der Waals surface area contributed by atoms with Crippen molar-refractivity contribution in [3.8, 4) is 0 Å². The van der Waals surface area contributed by atoms with Crippen molar-refractivity contribution in [1.29, 1.82) is 0 Å². The van der Waals surface area contributed by atoms with Crippen molar-refractivity contribution < 1.29 is 22.5 Å². The number of ether oxygens (including phenoxy) is 1. The number of nitrogens with zero attached hydrogens (tertiary/aromatic N) is 3. The Balaban J connectivity index is 1.42. The van der Waals surface area contributed by atoms with Crippen LogP contribution in [0.5, 0.6) is 0 Å². The maximum atomic E-state index is 13.2. The van der Waals surface area contributed by atoms with E-state index in [0.717, 1.165) is 30.1 Å². The molecule has 0 N–H and O–H groups in total. The van der Waals surface area contributed by atoms with Crippen LogP contribution in [0.3, 0.4) is 0 Å².